The highest BCUT2D eigenvalue weighted by Gasteiger charge is 2.45. The maximum absolute atomic E-state index is 12.6. The molecule has 0 aliphatic carbocycles. The molecule has 1 heterocycles. The van der Waals surface area contributed by atoms with Crippen molar-refractivity contribution in [3.8, 4) is 0 Å². The predicted octanol–water partition coefficient (Wildman–Crippen LogP) is -2.62. The van der Waals surface area contributed by atoms with Crippen LogP contribution in [0.2, 0.25) is 0 Å². The maximum Gasteiger partial charge on any atom is 0.325 e. The van der Waals surface area contributed by atoms with Gasteiger partial charge < -0.3 is 31.2 Å². The minimum absolute atomic E-state index is 0.0298. The van der Waals surface area contributed by atoms with Crippen LogP contribution in [-0.2, 0) is 38.7 Å². The van der Waals surface area contributed by atoms with Crippen LogP contribution in [0.5, 0.6) is 0 Å². The molecule has 0 aromatic carbocycles. The molecule has 2 atom stereocenters. The molecule has 0 saturated carbocycles. The second kappa shape index (κ2) is 13.7. The van der Waals surface area contributed by atoms with Gasteiger partial charge in [0.1, 0.15) is 29.8 Å². The van der Waals surface area contributed by atoms with Crippen molar-refractivity contribution < 1.29 is 42.1 Å². The summed E-state index contributed by atoms with van der Waals surface area (Å²) in [6.45, 7) is 3.96. The van der Waals surface area contributed by atoms with E-state index in [1.54, 1.807) is 20.8 Å². The lowest BCUT2D eigenvalue weighted by molar-refractivity contribution is -0.485. The highest BCUT2D eigenvalue weighted by atomic mass is 32.2. The Morgan fingerprint density at radius 2 is 1.86 bits per heavy atom. The molecule has 0 radical (unpaired) electrons. The Labute approximate surface area is 213 Å². The molecule has 1 rings (SSSR count). The van der Waals surface area contributed by atoms with Gasteiger partial charge in [-0.25, -0.2) is 18.5 Å². The number of ether oxygens (including phenoxy) is 2. The van der Waals surface area contributed by atoms with E-state index in [1.807, 2.05) is 0 Å². The third-order valence-corrected chi connectivity index (χ3v) is 6.69. The lowest BCUT2D eigenvalue weighted by Crippen LogP contribution is -2.60. The first-order chi connectivity index (χ1) is 17.0. The normalized spacial score (nSPS) is 18.1. The molecule has 2 unspecified atom stereocenters. The van der Waals surface area contributed by atoms with Gasteiger partial charge in [-0.15, -0.1) is 0 Å². The molecule has 17 nitrogen and oxygen atoms in total. The molecule has 1 saturated heterocycles. The zero-order valence-corrected chi connectivity index (χ0v) is 21.8. The molecule has 0 aromatic rings. The van der Waals surface area contributed by atoms with Gasteiger partial charge in [-0.05, 0) is 33.6 Å². The van der Waals surface area contributed by atoms with Gasteiger partial charge in [-0.2, -0.15) is 4.31 Å². The van der Waals surface area contributed by atoms with Gasteiger partial charge in [0.15, 0.2) is 5.03 Å². The fourth-order valence-electron chi connectivity index (χ4n) is 3.19. The number of hydrazone groups is 1. The Morgan fingerprint density at radius 3 is 2.41 bits per heavy atom. The molecule has 1 aliphatic rings. The highest BCUT2D eigenvalue weighted by Crippen LogP contribution is 2.25. The topological polar surface area (TPSA) is 242 Å². The van der Waals surface area contributed by atoms with Crippen molar-refractivity contribution in [3.05, 3.63) is 10.1 Å². The molecule has 0 aromatic heterocycles. The summed E-state index contributed by atoms with van der Waals surface area (Å²) in [5.74, 6) is -3.68. The molecule has 18 heteroatoms. The Kier molecular flexibility index (Phi) is 11.6. The summed E-state index contributed by atoms with van der Waals surface area (Å²) in [5.41, 5.74) is 4.50. The van der Waals surface area contributed by atoms with E-state index in [2.05, 4.69) is 25.8 Å². The number of carbonyl (C=O) groups is 4. The Morgan fingerprint density at radius 1 is 1.22 bits per heavy atom. The van der Waals surface area contributed by atoms with Gasteiger partial charge >= 0.3 is 11.9 Å². The van der Waals surface area contributed by atoms with Crippen molar-refractivity contribution in [2.75, 3.05) is 32.5 Å². The van der Waals surface area contributed by atoms with Gasteiger partial charge in [0, 0.05) is 19.0 Å². The lowest BCUT2D eigenvalue weighted by Gasteiger charge is -2.39. The molecule has 2 amide bonds. The van der Waals surface area contributed by atoms with E-state index in [9.17, 15) is 37.7 Å². The Hall–Kier alpha value is -3.54. The predicted molar refractivity (Wildman–Crippen MR) is 128 cm³/mol. The number of nitrogens with one attached hydrogen (secondary N) is 3. The van der Waals surface area contributed by atoms with Crippen LogP contribution in [0, 0.1) is 10.1 Å². The molecule has 0 bridgehead atoms. The van der Waals surface area contributed by atoms with Crippen LogP contribution in [0.25, 0.3) is 0 Å². The smallest absolute Gasteiger partial charge is 0.325 e. The van der Waals surface area contributed by atoms with E-state index >= 15 is 0 Å². The summed E-state index contributed by atoms with van der Waals surface area (Å²) in [6.07, 6.45) is -0.0985. The van der Waals surface area contributed by atoms with E-state index in [0.717, 1.165) is 11.4 Å². The van der Waals surface area contributed by atoms with E-state index in [0.29, 0.717) is 0 Å². The summed E-state index contributed by atoms with van der Waals surface area (Å²) in [6, 6.07) is -1.94. The first-order valence-corrected chi connectivity index (χ1v) is 12.7. The van der Waals surface area contributed by atoms with Crippen LogP contribution < -0.4 is 21.7 Å². The number of hydrogen-bond donors (Lipinski definition) is 4. The number of hydrogen-bond acceptors (Lipinski definition) is 10. The van der Waals surface area contributed by atoms with Crippen LogP contribution in [0.4, 0.5) is 0 Å². The van der Waals surface area contributed by atoms with Gasteiger partial charge in [0.2, 0.25) is 21.8 Å². The van der Waals surface area contributed by atoms with Crippen LogP contribution in [0.3, 0.4) is 0 Å². The average molecular weight is 552 g/mol. The second-order valence-electron chi connectivity index (χ2n) is 8.97. The summed E-state index contributed by atoms with van der Waals surface area (Å²) < 4.78 is 34.7. The molecule has 1 fully saturated rings. The minimum Gasteiger partial charge on any atom is -0.468 e. The molecule has 0 spiro atoms. The van der Waals surface area contributed by atoms with E-state index in [4.69, 9.17) is 10.5 Å². The summed E-state index contributed by atoms with van der Waals surface area (Å²) >= 11 is 0. The van der Waals surface area contributed by atoms with E-state index < -0.39 is 75.5 Å². The maximum atomic E-state index is 12.6. The highest BCUT2D eigenvalue weighted by molar-refractivity contribution is 7.90. The van der Waals surface area contributed by atoms with Crippen LogP contribution in [0.1, 0.15) is 40.0 Å². The van der Waals surface area contributed by atoms with Crippen molar-refractivity contribution in [2.45, 2.75) is 57.7 Å². The van der Waals surface area contributed by atoms with Crippen molar-refractivity contribution in [1.29, 1.82) is 0 Å². The number of esters is 2. The SMILES string of the molecule is COC(=O)CNC(=O)C(CCCN/C(N)=N\[N+](=O)[O-])NC(=O)CC1CS(=O)(=O)N1CC(=O)OC(C)(C)C. The zero-order valence-electron chi connectivity index (χ0n) is 21.0. The van der Waals surface area contributed by atoms with Crippen molar-refractivity contribution >= 4 is 39.7 Å². The van der Waals surface area contributed by atoms with Gasteiger partial charge in [0.05, 0.1) is 12.9 Å². The van der Waals surface area contributed by atoms with E-state index in [-0.39, 0.29) is 31.6 Å². The number of carbonyl (C=O) groups excluding carboxylic acids is 4. The first-order valence-electron chi connectivity index (χ1n) is 11.1. The number of sulfonamides is 1. The van der Waals surface area contributed by atoms with Crippen LogP contribution >= 0.6 is 0 Å². The quantitative estimate of drug-likeness (QED) is 0.0459. The molecule has 37 heavy (non-hydrogen) atoms. The van der Waals surface area contributed by atoms with Crippen molar-refractivity contribution in [1.82, 2.24) is 20.3 Å². The Balaban J connectivity index is 2.77. The summed E-state index contributed by atoms with van der Waals surface area (Å²) in [4.78, 5) is 58.9. The largest absolute Gasteiger partial charge is 0.468 e. The summed E-state index contributed by atoms with van der Waals surface area (Å²) in [5, 5.41) is 19.4. The number of amides is 2. The fraction of sp³-hybridized carbons (Fsp3) is 0.737. The molecular weight excluding hydrogens is 518 g/mol. The first kappa shape index (κ1) is 31.5. The van der Waals surface area contributed by atoms with Crippen molar-refractivity contribution in [3.63, 3.8) is 0 Å². The molecule has 1 aliphatic heterocycles. The van der Waals surface area contributed by atoms with Gasteiger partial charge in [0.25, 0.3) is 5.96 Å². The number of nitrogens with zero attached hydrogens (tertiary/aromatic N) is 3. The van der Waals surface area contributed by atoms with Crippen LogP contribution in [0.15, 0.2) is 5.10 Å². The minimum atomic E-state index is -3.73. The number of guanidine groups is 1. The van der Waals surface area contributed by atoms with Gasteiger partial charge in [-0.3, -0.25) is 19.2 Å². The number of nitrogens with two attached hydrogens (primary N) is 1. The lowest BCUT2D eigenvalue weighted by atomic mass is 10.1. The second-order valence-corrected chi connectivity index (χ2v) is 10.9. The van der Waals surface area contributed by atoms with Crippen LogP contribution in [-0.4, -0.2) is 97.6 Å². The molecule has 210 valence electrons. The third-order valence-electron chi connectivity index (χ3n) is 4.74. The molecular formula is C19H33N7O10S. The number of nitro groups is 1. The zero-order chi connectivity index (χ0) is 28.4. The number of methoxy groups -OCH3 is 1. The average Bonchev–Trinajstić information content (AvgIpc) is 2.75. The number of rotatable bonds is 13. The summed E-state index contributed by atoms with van der Waals surface area (Å²) in [7, 11) is -2.59. The fourth-order valence-corrected chi connectivity index (χ4v) is 4.81. The third kappa shape index (κ3) is 11.8. The Bertz CT molecular complexity index is 1010. The standard InChI is InChI=1S/C19H33N7O10S/c1-19(2,3)36-16(29)10-25-12(11-37(25,33)34)8-14(27)23-13(17(30)22-9-15(28)35-4)6-5-7-21-18(20)24-26(31)32/h12-13H,5-11H2,1-4H3,(H,22,30)(H,23,27)(H3,20,21,24). The van der Waals surface area contributed by atoms with Crippen molar-refractivity contribution in [2.24, 2.45) is 10.8 Å². The monoisotopic (exact) mass is 551 g/mol. The van der Waals surface area contributed by atoms with Gasteiger partial charge in [-0.1, -0.05) is 0 Å². The van der Waals surface area contributed by atoms with E-state index in [1.165, 1.54) is 0 Å². The molecule has 5 N–H and O–H groups in total.